The largest absolute Gasteiger partial charge is 0.469 e. The lowest BCUT2D eigenvalue weighted by molar-refractivity contribution is 0.513. The molecule has 3 aromatic heterocycles. The second kappa shape index (κ2) is 4.60. The molecule has 0 amide bonds. The molecular formula is C12H13N5O2. The van der Waals surface area contributed by atoms with Gasteiger partial charge in [0, 0.05) is 19.0 Å². The van der Waals surface area contributed by atoms with Crippen molar-refractivity contribution in [2.24, 2.45) is 0 Å². The van der Waals surface area contributed by atoms with E-state index < -0.39 is 0 Å². The maximum absolute atomic E-state index is 11.5. The molecule has 0 aromatic carbocycles. The lowest BCUT2D eigenvalue weighted by Crippen LogP contribution is -2.14. The Morgan fingerprint density at radius 3 is 3.21 bits per heavy atom. The lowest BCUT2D eigenvalue weighted by Gasteiger charge is -2.06. The second-order valence-electron chi connectivity index (χ2n) is 4.17. The Morgan fingerprint density at radius 1 is 1.53 bits per heavy atom. The zero-order valence-electron chi connectivity index (χ0n) is 10.4. The van der Waals surface area contributed by atoms with Gasteiger partial charge in [0.2, 0.25) is 0 Å². The van der Waals surface area contributed by atoms with E-state index in [1.54, 1.807) is 19.3 Å². The molecule has 3 aromatic rings. The van der Waals surface area contributed by atoms with Gasteiger partial charge < -0.3 is 9.73 Å². The number of furan rings is 1. The van der Waals surface area contributed by atoms with Crippen molar-refractivity contribution in [1.29, 1.82) is 0 Å². The van der Waals surface area contributed by atoms with Gasteiger partial charge in [-0.15, -0.1) is 0 Å². The van der Waals surface area contributed by atoms with Gasteiger partial charge in [0.05, 0.1) is 6.26 Å². The molecule has 0 bridgehead atoms. The fourth-order valence-corrected chi connectivity index (χ4v) is 1.96. The molecule has 0 aliphatic carbocycles. The smallest absolute Gasteiger partial charge is 0.349 e. The van der Waals surface area contributed by atoms with E-state index in [-0.39, 0.29) is 5.69 Å². The third-order valence-corrected chi connectivity index (χ3v) is 2.83. The molecule has 3 rings (SSSR count). The van der Waals surface area contributed by atoms with E-state index in [9.17, 15) is 4.79 Å². The van der Waals surface area contributed by atoms with Gasteiger partial charge in [-0.3, -0.25) is 0 Å². The van der Waals surface area contributed by atoms with Gasteiger partial charge in [0.15, 0.2) is 5.65 Å². The minimum Gasteiger partial charge on any atom is -0.469 e. The summed E-state index contributed by atoms with van der Waals surface area (Å²) in [5.41, 5.74) is 0.278. The van der Waals surface area contributed by atoms with Gasteiger partial charge in [-0.05, 0) is 19.1 Å². The molecule has 0 atom stereocenters. The number of hydrogen-bond acceptors (Lipinski definition) is 5. The first-order chi connectivity index (χ1) is 9.24. The van der Waals surface area contributed by atoms with E-state index in [2.05, 4.69) is 20.5 Å². The van der Waals surface area contributed by atoms with Crippen LogP contribution in [0.25, 0.3) is 5.65 Å². The number of anilines is 1. The molecule has 0 unspecified atom stereocenters. The summed E-state index contributed by atoms with van der Waals surface area (Å²) in [6, 6.07) is 5.52. The van der Waals surface area contributed by atoms with Crippen molar-refractivity contribution in [3.05, 3.63) is 46.5 Å². The Hall–Kier alpha value is -2.57. The summed E-state index contributed by atoms with van der Waals surface area (Å²) < 4.78 is 6.67. The van der Waals surface area contributed by atoms with Gasteiger partial charge in [0.25, 0.3) is 0 Å². The number of nitrogens with one attached hydrogen (secondary N) is 2. The van der Waals surface area contributed by atoms with Crippen molar-refractivity contribution >= 4 is 11.5 Å². The summed E-state index contributed by atoms with van der Waals surface area (Å²) in [4.78, 5) is 15.8. The number of H-pyrrole nitrogens is 1. The van der Waals surface area contributed by atoms with Gasteiger partial charge in [-0.25, -0.2) is 19.3 Å². The minimum absolute atomic E-state index is 0.276. The van der Waals surface area contributed by atoms with Crippen LogP contribution in [-0.2, 0) is 6.42 Å². The van der Waals surface area contributed by atoms with Gasteiger partial charge >= 0.3 is 5.69 Å². The average Bonchev–Trinajstić information content (AvgIpc) is 3.00. The molecular weight excluding hydrogens is 246 g/mol. The van der Waals surface area contributed by atoms with E-state index in [0.717, 1.165) is 12.2 Å². The molecule has 19 heavy (non-hydrogen) atoms. The van der Waals surface area contributed by atoms with Gasteiger partial charge in [0.1, 0.15) is 17.4 Å². The summed E-state index contributed by atoms with van der Waals surface area (Å²) in [6.07, 6.45) is 2.42. The number of nitrogens with zero attached hydrogens (tertiary/aromatic N) is 3. The van der Waals surface area contributed by atoms with Crippen molar-refractivity contribution in [2.75, 3.05) is 11.9 Å². The number of aromatic amines is 1. The van der Waals surface area contributed by atoms with Crippen LogP contribution in [0.1, 0.15) is 11.6 Å². The van der Waals surface area contributed by atoms with Crippen LogP contribution in [0.5, 0.6) is 0 Å². The number of aryl methyl sites for hydroxylation is 1. The van der Waals surface area contributed by atoms with Crippen LogP contribution >= 0.6 is 0 Å². The Kier molecular flexibility index (Phi) is 2.79. The van der Waals surface area contributed by atoms with E-state index in [0.29, 0.717) is 23.8 Å². The molecule has 0 saturated carbocycles. The number of rotatable bonds is 4. The summed E-state index contributed by atoms with van der Waals surface area (Å²) in [7, 11) is 0. The molecule has 0 saturated heterocycles. The Balaban J connectivity index is 1.76. The summed E-state index contributed by atoms with van der Waals surface area (Å²) in [5, 5.41) is 9.51. The van der Waals surface area contributed by atoms with Crippen LogP contribution in [0.4, 0.5) is 5.82 Å². The quantitative estimate of drug-likeness (QED) is 0.729. The number of aromatic nitrogens is 4. The zero-order chi connectivity index (χ0) is 13.2. The molecule has 0 aliphatic heterocycles. The summed E-state index contributed by atoms with van der Waals surface area (Å²) in [5.74, 6) is 2.20. The van der Waals surface area contributed by atoms with Gasteiger partial charge in [-0.2, -0.15) is 5.10 Å². The number of hydrogen-bond donors (Lipinski definition) is 2. The third-order valence-electron chi connectivity index (χ3n) is 2.83. The first-order valence-corrected chi connectivity index (χ1v) is 5.95. The highest BCUT2D eigenvalue weighted by Gasteiger charge is 2.06. The lowest BCUT2D eigenvalue weighted by atomic mass is 10.3. The molecule has 0 radical (unpaired) electrons. The molecule has 98 valence electrons. The van der Waals surface area contributed by atoms with E-state index in [1.807, 2.05) is 12.1 Å². The van der Waals surface area contributed by atoms with Crippen LogP contribution in [0, 0.1) is 6.92 Å². The van der Waals surface area contributed by atoms with E-state index in [1.165, 1.54) is 4.40 Å². The molecule has 7 nitrogen and oxygen atoms in total. The molecule has 3 heterocycles. The highest BCUT2D eigenvalue weighted by molar-refractivity contribution is 5.49. The predicted octanol–water partition coefficient (Wildman–Crippen LogP) is 0.974. The molecule has 0 aliphatic rings. The minimum atomic E-state index is -0.276. The topological polar surface area (TPSA) is 88.2 Å². The molecule has 2 N–H and O–H groups in total. The second-order valence-corrected chi connectivity index (χ2v) is 4.17. The fraction of sp³-hybridized carbons (Fsp3) is 0.250. The van der Waals surface area contributed by atoms with Crippen molar-refractivity contribution in [3.63, 3.8) is 0 Å². The zero-order valence-corrected chi connectivity index (χ0v) is 10.4. The Labute approximate surface area is 108 Å². The Morgan fingerprint density at radius 2 is 2.42 bits per heavy atom. The average molecular weight is 259 g/mol. The van der Waals surface area contributed by atoms with Crippen LogP contribution in [-0.4, -0.2) is 26.1 Å². The van der Waals surface area contributed by atoms with Crippen LogP contribution in [0.3, 0.4) is 0 Å². The molecule has 7 heteroatoms. The fourth-order valence-electron chi connectivity index (χ4n) is 1.96. The maximum atomic E-state index is 11.5. The highest BCUT2D eigenvalue weighted by Crippen LogP contribution is 2.08. The van der Waals surface area contributed by atoms with E-state index >= 15 is 0 Å². The van der Waals surface area contributed by atoms with Crippen LogP contribution in [0.2, 0.25) is 0 Å². The number of fused-ring (bicyclic) bond motifs is 1. The SMILES string of the molecule is Cc1nc(NCCc2ccco2)cc2n[nH]c(=O)n12. The monoisotopic (exact) mass is 259 g/mol. The first-order valence-electron chi connectivity index (χ1n) is 5.95. The Bertz CT molecular complexity index is 741. The summed E-state index contributed by atoms with van der Waals surface area (Å²) >= 11 is 0. The van der Waals surface area contributed by atoms with Crippen molar-refractivity contribution < 1.29 is 4.42 Å². The van der Waals surface area contributed by atoms with Crippen molar-refractivity contribution in [3.8, 4) is 0 Å². The van der Waals surface area contributed by atoms with Crippen molar-refractivity contribution in [2.45, 2.75) is 13.3 Å². The normalized spacial score (nSPS) is 11.0. The standard InChI is InChI=1S/C12H13N5O2/c1-8-14-10(7-11-15-16-12(18)17(8)11)13-5-4-9-3-2-6-19-9/h2-3,6-7,13H,4-5H2,1H3,(H,16,18). The first kappa shape index (κ1) is 11.5. The van der Waals surface area contributed by atoms with Crippen LogP contribution in [0.15, 0.2) is 33.7 Å². The van der Waals surface area contributed by atoms with Crippen molar-refractivity contribution in [1.82, 2.24) is 19.6 Å². The maximum Gasteiger partial charge on any atom is 0.349 e. The highest BCUT2D eigenvalue weighted by atomic mass is 16.3. The molecule has 0 spiro atoms. The third kappa shape index (κ3) is 2.22. The molecule has 0 fully saturated rings. The van der Waals surface area contributed by atoms with Gasteiger partial charge in [-0.1, -0.05) is 0 Å². The summed E-state index contributed by atoms with van der Waals surface area (Å²) in [6.45, 7) is 2.46. The predicted molar refractivity (Wildman–Crippen MR) is 69.2 cm³/mol. The van der Waals surface area contributed by atoms with E-state index in [4.69, 9.17) is 4.42 Å². The van der Waals surface area contributed by atoms with Crippen LogP contribution < -0.4 is 11.0 Å².